The normalized spacial score (nSPS) is 10.2. The lowest BCUT2D eigenvalue weighted by Gasteiger charge is -2.10. The molecule has 94 valence electrons. The predicted octanol–water partition coefficient (Wildman–Crippen LogP) is 4.01. The van der Waals surface area contributed by atoms with Gasteiger partial charge >= 0.3 is 0 Å². The highest BCUT2D eigenvalue weighted by molar-refractivity contribution is 6.36. The molecule has 2 aromatic rings. The maximum absolute atomic E-state index is 6.02. The van der Waals surface area contributed by atoms with Gasteiger partial charge in [-0.3, -0.25) is 0 Å². The zero-order chi connectivity index (χ0) is 13.0. The number of nitrogens with zero attached hydrogens (tertiary/aromatic N) is 1. The van der Waals surface area contributed by atoms with Gasteiger partial charge < -0.3 is 10.1 Å². The van der Waals surface area contributed by atoms with Crippen LogP contribution in [0.1, 0.15) is 5.56 Å². The van der Waals surface area contributed by atoms with E-state index < -0.39 is 0 Å². The summed E-state index contributed by atoms with van der Waals surface area (Å²) >= 11 is 12.0. The molecule has 0 aliphatic carbocycles. The molecule has 0 saturated heterocycles. The molecule has 0 atom stereocenters. The van der Waals surface area contributed by atoms with Crippen molar-refractivity contribution in [2.24, 2.45) is 0 Å². The average molecular weight is 283 g/mol. The Morgan fingerprint density at radius 1 is 1.17 bits per heavy atom. The van der Waals surface area contributed by atoms with E-state index in [1.807, 2.05) is 30.3 Å². The lowest BCUT2D eigenvalue weighted by molar-refractivity contribution is 0.294. The van der Waals surface area contributed by atoms with Crippen LogP contribution in [0.5, 0.6) is 5.88 Å². The van der Waals surface area contributed by atoms with Crippen LogP contribution in [0.2, 0.25) is 10.0 Å². The summed E-state index contributed by atoms with van der Waals surface area (Å²) in [5.74, 6) is 0.915. The Morgan fingerprint density at radius 2 is 1.89 bits per heavy atom. The molecule has 0 aliphatic heterocycles. The minimum absolute atomic E-state index is 0.370. The number of halogens is 2. The highest BCUT2D eigenvalue weighted by Gasteiger charge is 2.09. The van der Waals surface area contributed by atoms with Gasteiger partial charge in [0.15, 0.2) is 0 Å². The average Bonchev–Trinajstić information content (AvgIpc) is 2.39. The smallest absolute Gasteiger partial charge is 0.234 e. The highest BCUT2D eigenvalue weighted by atomic mass is 35.5. The van der Waals surface area contributed by atoms with Crippen LogP contribution < -0.4 is 10.1 Å². The molecule has 3 nitrogen and oxygen atoms in total. The van der Waals surface area contributed by atoms with Gasteiger partial charge in [-0.2, -0.15) is 4.98 Å². The lowest BCUT2D eigenvalue weighted by atomic mass is 10.2. The van der Waals surface area contributed by atoms with Gasteiger partial charge in [0.25, 0.3) is 0 Å². The summed E-state index contributed by atoms with van der Waals surface area (Å²) in [5, 5.41) is 3.74. The van der Waals surface area contributed by atoms with Crippen molar-refractivity contribution in [3.8, 4) is 5.88 Å². The second kappa shape index (κ2) is 5.94. The first kappa shape index (κ1) is 13.0. The maximum atomic E-state index is 6.02. The van der Waals surface area contributed by atoms with Crippen LogP contribution in [-0.2, 0) is 6.61 Å². The van der Waals surface area contributed by atoms with E-state index in [0.717, 1.165) is 5.56 Å². The third kappa shape index (κ3) is 3.06. The summed E-state index contributed by atoms with van der Waals surface area (Å²) < 4.78 is 5.58. The van der Waals surface area contributed by atoms with E-state index in [0.29, 0.717) is 28.3 Å². The fourth-order valence-electron chi connectivity index (χ4n) is 1.45. The predicted molar refractivity (Wildman–Crippen MR) is 74.6 cm³/mol. The minimum atomic E-state index is 0.370. The lowest BCUT2D eigenvalue weighted by Crippen LogP contribution is -2.01. The molecule has 0 bridgehead atoms. The summed E-state index contributed by atoms with van der Waals surface area (Å²) in [6.07, 6.45) is 0. The molecule has 1 aromatic heterocycles. The van der Waals surface area contributed by atoms with Crippen LogP contribution in [0, 0.1) is 0 Å². The van der Waals surface area contributed by atoms with Gasteiger partial charge in [0.2, 0.25) is 5.88 Å². The molecule has 0 amide bonds. The van der Waals surface area contributed by atoms with Crippen molar-refractivity contribution in [2.75, 3.05) is 12.4 Å². The zero-order valence-electron chi connectivity index (χ0n) is 9.78. The molecule has 0 saturated carbocycles. The molecule has 1 N–H and O–H groups in total. The Kier molecular flexibility index (Phi) is 4.28. The molecular weight excluding hydrogens is 271 g/mol. The van der Waals surface area contributed by atoms with Gasteiger partial charge in [0.1, 0.15) is 17.4 Å². The molecule has 0 radical (unpaired) electrons. The molecule has 0 spiro atoms. The quantitative estimate of drug-likeness (QED) is 0.920. The Hall–Kier alpha value is -1.45. The molecule has 1 aromatic carbocycles. The topological polar surface area (TPSA) is 34.2 Å². The van der Waals surface area contributed by atoms with E-state index >= 15 is 0 Å². The second-order valence-corrected chi connectivity index (χ2v) is 4.44. The van der Waals surface area contributed by atoms with E-state index in [2.05, 4.69) is 10.3 Å². The van der Waals surface area contributed by atoms with Gasteiger partial charge in [0.05, 0.1) is 5.02 Å². The molecule has 18 heavy (non-hydrogen) atoms. The van der Waals surface area contributed by atoms with Crippen molar-refractivity contribution in [3.05, 3.63) is 52.0 Å². The number of nitrogens with one attached hydrogen (secondary N) is 1. The van der Waals surface area contributed by atoms with Crippen molar-refractivity contribution in [2.45, 2.75) is 6.61 Å². The SMILES string of the molecule is CNc1nc(OCc2ccccc2)c(Cl)cc1Cl. The Balaban J connectivity index is 2.14. The highest BCUT2D eigenvalue weighted by Crippen LogP contribution is 2.30. The van der Waals surface area contributed by atoms with Crippen molar-refractivity contribution in [3.63, 3.8) is 0 Å². The molecule has 2 rings (SSSR count). The van der Waals surface area contributed by atoms with Gasteiger partial charge in [-0.15, -0.1) is 0 Å². The van der Waals surface area contributed by atoms with Crippen LogP contribution >= 0.6 is 23.2 Å². The standard InChI is InChI=1S/C13H12Cl2N2O/c1-16-12-10(14)7-11(15)13(17-12)18-8-9-5-3-2-4-6-9/h2-7H,8H2,1H3,(H,16,17). The molecule has 0 aliphatic rings. The third-order valence-corrected chi connectivity index (χ3v) is 2.91. The Bertz CT molecular complexity index is 532. The minimum Gasteiger partial charge on any atom is -0.472 e. The van der Waals surface area contributed by atoms with Crippen LogP contribution in [-0.4, -0.2) is 12.0 Å². The number of hydrogen-bond acceptors (Lipinski definition) is 3. The van der Waals surface area contributed by atoms with E-state index in [1.165, 1.54) is 0 Å². The van der Waals surface area contributed by atoms with Crippen LogP contribution in [0.3, 0.4) is 0 Å². The largest absolute Gasteiger partial charge is 0.472 e. The van der Waals surface area contributed by atoms with Gasteiger partial charge in [-0.25, -0.2) is 0 Å². The summed E-state index contributed by atoms with van der Waals surface area (Å²) in [5.41, 5.74) is 1.05. The second-order valence-electron chi connectivity index (χ2n) is 3.63. The number of anilines is 1. The fourth-order valence-corrected chi connectivity index (χ4v) is 1.96. The van der Waals surface area contributed by atoms with Crippen molar-refractivity contribution in [1.82, 2.24) is 4.98 Å². The number of ether oxygens (including phenoxy) is 1. The van der Waals surface area contributed by atoms with E-state index in [1.54, 1.807) is 13.1 Å². The summed E-state index contributed by atoms with van der Waals surface area (Å²) in [4.78, 5) is 4.21. The first-order valence-electron chi connectivity index (χ1n) is 5.41. The number of rotatable bonds is 4. The van der Waals surface area contributed by atoms with E-state index in [4.69, 9.17) is 27.9 Å². The zero-order valence-corrected chi connectivity index (χ0v) is 11.3. The Morgan fingerprint density at radius 3 is 2.56 bits per heavy atom. The third-order valence-electron chi connectivity index (χ3n) is 2.35. The molecule has 5 heteroatoms. The van der Waals surface area contributed by atoms with Crippen LogP contribution in [0.4, 0.5) is 5.82 Å². The summed E-state index contributed by atoms with van der Waals surface area (Å²) in [6.45, 7) is 0.415. The van der Waals surface area contributed by atoms with Gasteiger partial charge in [-0.1, -0.05) is 53.5 Å². The summed E-state index contributed by atoms with van der Waals surface area (Å²) in [7, 11) is 1.74. The van der Waals surface area contributed by atoms with Gasteiger partial charge in [0, 0.05) is 7.05 Å². The van der Waals surface area contributed by atoms with E-state index in [-0.39, 0.29) is 0 Å². The first-order chi connectivity index (χ1) is 8.70. The van der Waals surface area contributed by atoms with Gasteiger partial charge in [-0.05, 0) is 11.6 Å². The molecule has 0 fully saturated rings. The summed E-state index contributed by atoms with van der Waals surface area (Å²) in [6, 6.07) is 11.4. The van der Waals surface area contributed by atoms with E-state index in [9.17, 15) is 0 Å². The molecule has 1 heterocycles. The van der Waals surface area contributed by atoms with Crippen LogP contribution in [0.25, 0.3) is 0 Å². The fraction of sp³-hybridized carbons (Fsp3) is 0.154. The maximum Gasteiger partial charge on any atom is 0.234 e. The molecular formula is C13H12Cl2N2O. The Labute approximate surface area is 116 Å². The monoisotopic (exact) mass is 282 g/mol. The number of pyridine rings is 1. The number of aromatic nitrogens is 1. The number of benzene rings is 1. The first-order valence-corrected chi connectivity index (χ1v) is 6.17. The number of hydrogen-bond donors (Lipinski definition) is 1. The van der Waals surface area contributed by atoms with Crippen molar-refractivity contribution in [1.29, 1.82) is 0 Å². The van der Waals surface area contributed by atoms with Crippen molar-refractivity contribution >= 4 is 29.0 Å². The van der Waals surface area contributed by atoms with Crippen molar-refractivity contribution < 1.29 is 4.74 Å². The molecule has 0 unspecified atom stereocenters. The van der Waals surface area contributed by atoms with Crippen LogP contribution in [0.15, 0.2) is 36.4 Å².